The number of hydrogen-bond acceptors (Lipinski definition) is 5. The number of sulfonamides is 1. The zero-order valence-corrected chi connectivity index (χ0v) is 14.3. The van der Waals surface area contributed by atoms with Crippen LogP contribution in [0.2, 0.25) is 0 Å². The molecule has 1 aliphatic heterocycles. The molecular formula is C17H20N2O4S. The summed E-state index contributed by atoms with van der Waals surface area (Å²) in [6, 6.07) is 12.1. The summed E-state index contributed by atoms with van der Waals surface area (Å²) in [7, 11) is -1.99. The Morgan fingerprint density at radius 2 is 1.92 bits per heavy atom. The van der Waals surface area contributed by atoms with E-state index in [0.717, 1.165) is 0 Å². The molecule has 0 N–H and O–H groups in total. The number of nitrogens with zero attached hydrogens (tertiary/aromatic N) is 2. The van der Waals surface area contributed by atoms with E-state index in [-0.39, 0.29) is 11.0 Å². The van der Waals surface area contributed by atoms with E-state index in [9.17, 15) is 8.42 Å². The van der Waals surface area contributed by atoms with Crippen molar-refractivity contribution in [3.63, 3.8) is 0 Å². The van der Waals surface area contributed by atoms with Crippen LogP contribution in [0.5, 0.6) is 11.6 Å². The van der Waals surface area contributed by atoms with Gasteiger partial charge in [0.15, 0.2) is 0 Å². The van der Waals surface area contributed by atoms with Crippen molar-refractivity contribution in [3.05, 3.63) is 48.7 Å². The largest absolute Gasteiger partial charge is 0.497 e. The van der Waals surface area contributed by atoms with E-state index in [4.69, 9.17) is 9.47 Å². The maximum atomic E-state index is 12.7. The first-order chi connectivity index (χ1) is 11.6. The Labute approximate surface area is 142 Å². The van der Waals surface area contributed by atoms with Crippen LogP contribution in [0.1, 0.15) is 12.8 Å². The Morgan fingerprint density at radius 1 is 1.12 bits per heavy atom. The summed E-state index contributed by atoms with van der Waals surface area (Å²) in [5.41, 5.74) is 0. The number of pyridine rings is 1. The molecule has 1 aliphatic rings. The normalized spacial score (nSPS) is 16.7. The average molecular weight is 348 g/mol. The molecule has 2 aromatic rings. The number of aromatic nitrogens is 1. The third-order valence-electron chi connectivity index (χ3n) is 4.01. The highest BCUT2D eigenvalue weighted by Gasteiger charge is 2.30. The van der Waals surface area contributed by atoms with Gasteiger partial charge in [0.25, 0.3) is 0 Å². The van der Waals surface area contributed by atoms with Gasteiger partial charge >= 0.3 is 0 Å². The summed E-state index contributed by atoms with van der Waals surface area (Å²) < 4.78 is 37.9. The van der Waals surface area contributed by atoms with Crippen LogP contribution in [-0.2, 0) is 10.0 Å². The molecule has 3 rings (SSSR count). The lowest BCUT2D eigenvalue weighted by molar-refractivity contribution is 0.130. The molecule has 0 unspecified atom stereocenters. The number of benzene rings is 1. The van der Waals surface area contributed by atoms with Gasteiger partial charge in [0.1, 0.15) is 11.9 Å². The predicted octanol–water partition coefficient (Wildman–Crippen LogP) is 2.32. The van der Waals surface area contributed by atoms with E-state index >= 15 is 0 Å². The Bertz CT molecular complexity index is 772. The van der Waals surface area contributed by atoms with Gasteiger partial charge < -0.3 is 9.47 Å². The van der Waals surface area contributed by atoms with Gasteiger partial charge in [-0.2, -0.15) is 4.31 Å². The van der Waals surface area contributed by atoms with Gasteiger partial charge in [0.05, 0.1) is 12.0 Å². The summed E-state index contributed by atoms with van der Waals surface area (Å²) in [5, 5.41) is 0. The molecule has 1 saturated heterocycles. The molecule has 0 atom stereocenters. The summed E-state index contributed by atoms with van der Waals surface area (Å²) in [6.07, 6.45) is 2.94. The third-order valence-corrected chi connectivity index (χ3v) is 5.90. The van der Waals surface area contributed by atoms with Crippen LogP contribution in [-0.4, -0.2) is 44.0 Å². The van der Waals surface area contributed by atoms with Crippen LogP contribution in [0.15, 0.2) is 53.6 Å². The molecule has 24 heavy (non-hydrogen) atoms. The molecule has 0 radical (unpaired) electrons. The second-order valence-corrected chi connectivity index (χ2v) is 7.51. The average Bonchev–Trinajstić information content (AvgIpc) is 2.63. The molecule has 1 fully saturated rings. The van der Waals surface area contributed by atoms with Crippen LogP contribution in [0, 0.1) is 0 Å². The zero-order chi connectivity index (χ0) is 17.0. The number of piperidine rings is 1. The zero-order valence-electron chi connectivity index (χ0n) is 13.5. The fourth-order valence-electron chi connectivity index (χ4n) is 2.69. The minimum absolute atomic E-state index is 0.0170. The molecule has 0 saturated carbocycles. The highest BCUT2D eigenvalue weighted by Crippen LogP contribution is 2.25. The van der Waals surface area contributed by atoms with Crippen LogP contribution in [0.4, 0.5) is 0 Å². The SMILES string of the molecule is COc1cccc(S(=O)(=O)N2CCC(Oc3ccccn3)CC2)c1. The van der Waals surface area contributed by atoms with Gasteiger partial charge in [-0.15, -0.1) is 0 Å². The van der Waals surface area contributed by atoms with E-state index in [0.29, 0.717) is 37.6 Å². The van der Waals surface area contributed by atoms with Crippen LogP contribution < -0.4 is 9.47 Å². The lowest BCUT2D eigenvalue weighted by Gasteiger charge is -2.31. The Hall–Kier alpha value is -2.12. The first-order valence-electron chi connectivity index (χ1n) is 7.81. The second-order valence-electron chi connectivity index (χ2n) is 5.57. The highest BCUT2D eigenvalue weighted by atomic mass is 32.2. The van der Waals surface area contributed by atoms with E-state index < -0.39 is 10.0 Å². The summed E-state index contributed by atoms with van der Waals surface area (Å²) in [6.45, 7) is 0.855. The smallest absolute Gasteiger partial charge is 0.243 e. The van der Waals surface area contributed by atoms with Gasteiger partial charge in [-0.05, 0) is 31.0 Å². The van der Waals surface area contributed by atoms with Gasteiger partial charge in [0, 0.05) is 31.4 Å². The van der Waals surface area contributed by atoms with E-state index in [1.165, 1.54) is 11.4 Å². The maximum Gasteiger partial charge on any atom is 0.243 e. The third kappa shape index (κ3) is 3.68. The first kappa shape index (κ1) is 16.7. The minimum Gasteiger partial charge on any atom is -0.497 e. The molecule has 0 amide bonds. The Kier molecular flexibility index (Phi) is 5.01. The van der Waals surface area contributed by atoms with Gasteiger partial charge in [0.2, 0.25) is 15.9 Å². The van der Waals surface area contributed by atoms with Crippen molar-refractivity contribution in [1.29, 1.82) is 0 Å². The lowest BCUT2D eigenvalue weighted by atomic mass is 10.1. The molecule has 6 nitrogen and oxygen atoms in total. The first-order valence-corrected chi connectivity index (χ1v) is 9.25. The van der Waals surface area contributed by atoms with Crippen molar-refractivity contribution >= 4 is 10.0 Å². The van der Waals surface area contributed by atoms with Crippen molar-refractivity contribution in [1.82, 2.24) is 9.29 Å². The van der Waals surface area contributed by atoms with Gasteiger partial charge in [-0.3, -0.25) is 0 Å². The molecule has 0 bridgehead atoms. The fourth-order valence-corrected chi connectivity index (χ4v) is 4.19. The summed E-state index contributed by atoms with van der Waals surface area (Å²) in [5.74, 6) is 1.11. The minimum atomic E-state index is -3.51. The van der Waals surface area contributed by atoms with Crippen LogP contribution in [0.3, 0.4) is 0 Å². The van der Waals surface area contributed by atoms with Gasteiger partial charge in [-0.25, -0.2) is 13.4 Å². The van der Waals surface area contributed by atoms with Crippen molar-refractivity contribution in [2.24, 2.45) is 0 Å². The quantitative estimate of drug-likeness (QED) is 0.829. The second kappa shape index (κ2) is 7.19. The lowest BCUT2D eigenvalue weighted by Crippen LogP contribution is -2.41. The fraction of sp³-hybridized carbons (Fsp3) is 0.353. The molecule has 2 heterocycles. The topological polar surface area (TPSA) is 68.7 Å². The summed E-state index contributed by atoms with van der Waals surface area (Å²) >= 11 is 0. The van der Waals surface area contributed by atoms with Crippen molar-refractivity contribution < 1.29 is 17.9 Å². The Balaban J connectivity index is 1.65. The molecule has 128 valence electrons. The van der Waals surface area contributed by atoms with E-state index in [1.54, 1.807) is 36.5 Å². The van der Waals surface area contributed by atoms with Crippen molar-refractivity contribution in [3.8, 4) is 11.6 Å². The monoisotopic (exact) mass is 348 g/mol. The predicted molar refractivity (Wildman–Crippen MR) is 89.6 cm³/mol. The molecule has 7 heteroatoms. The molecule has 0 aliphatic carbocycles. The van der Waals surface area contributed by atoms with Crippen LogP contribution >= 0.6 is 0 Å². The van der Waals surface area contributed by atoms with Gasteiger partial charge in [-0.1, -0.05) is 12.1 Å². The number of hydrogen-bond donors (Lipinski definition) is 0. The maximum absolute atomic E-state index is 12.7. The Morgan fingerprint density at radius 3 is 2.58 bits per heavy atom. The number of methoxy groups -OCH3 is 1. The van der Waals surface area contributed by atoms with E-state index in [1.807, 2.05) is 12.1 Å². The van der Waals surface area contributed by atoms with E-state index in [2.05, 4.69) is 4.98 Å². The standard InChI is InChI=1S/C17H20N2O4S/c1-22-15-5-4-6-16(13-15)24(20,21)19-11-8-14(9-12-19)23-17-7-2-3-10-18-17/h2-7,10,13-14H,8-9,11-12H2,1H3. The van der Waals surface area contributed by atoms with Crippen molar-refractivity contribution in [2.75, 3.05) is 20.2 Å². The summed E-state index contributed by atoms with van der Waals surface area (Å²) in [4.78, 5) is 4.39. The highest BCUT2D eigenvalue weighted by molar-refractivity contribution is 7.89. The molecule has 0 spiro atoms. The van der Waals surface area contributed by atoms with Crippen LogP contribution in [0.25, 0.3) is 0 Å². The molecular weight excluding hydrogens is 328 g/mol. The molecule has 1 aromatic carbocycles. The number of rotatable bonds is 5. The molecule has 1 aromatic heterocycles. The van der Waals surface area contributed by atoms with Crippen molar-refractivity contribution in [2.45, 2.75) is 23.8 Å². The number of ether oxygens (including phenoxy) is 2.